The Hall–Kier alpha value is -1.94. The Balaban J connectivity index is 5.24. The second kappa shape index (κ2) is 81.1. The number of hydrogen-bond donors (Lipinski definition) is 3. The van der Waals surface area contributed by atoms with E-state index >= 15 is 0 Å². The Morgan fingerprint density at radius 1 is 0.226 bits per heavy atom. The van der Waals surface area contributed by atoms with Crippen LogP contribution in [0.2, 0.25) is 0 Å². The lowest BCUT2D eigenvalue weighted by atomic mass is 10.0. The van der Waals surface area contributed by atoms with Crippen molar-refractivity contribution in [3.63, 3.8) is 0 Å². The first-order chi connectivity index (χ1) is 51.7. The summed E-state index contributed by atoms with van der Waals surface area (Å²) in [5.74, 6) is -2.09. The van der Waals surface area contributed by atoms with Gasteiger partial charge in [-0.3, -0.25) is 37.3 Å². The molecule has 0 aliphatic rings. The summed E-state index contributed by atoms with van der Waals surface area (Å²) >= 11 is 0. The smallest absolute Gasteiger partial charge is 0.462 e. The molecule has 0 radical (unpaired) electrons. The Morgan fingerprint density at radius 2 is 0.377 bits per heavy atom. The Morgan fingerprint density at radius 3 is 0.557 bits per heavy atom. The van der Waals surface area contributed by atoms with Gasteiger partial charge < -0.3 is 33.8 Å². The molecule has 0 aliphatic carbocycles. The van der Waals surface area contributed by atoms with E-state index in [1.807, 2.05) is 0 Å². The summed E-state index contributed by atoms with van der Waals surface area (Å²) in [7, 11) is -9.93. The van der Waals surface area contributed by atoms with E-state index < -0.39 is 97.5 Å². The van der Waals surface area contributed by atoms with Crippen LogP contribution in [0.5, 0.6) is 0 Å². The SMILES string of the molecule is CCCCCCCCCCCCCCCCCCCCCCCCC(=O)O[C@H](COC(=O)CCCCCCCCCCCCCCCCCC)COP(=O)(O)OC[C@@H](O)COP(=O)(O)OC[C@@H](COC(=O)CCCCCCCCCCCCCCC)OC(=O)CCCCCCCCCCCCCCCCC. The van der Waals surface area contributed by atoms with Gasteiger partial charge in [-0.25, -0.2) is 9.13 Å². The minimum atomic E-state index is -4.97. The number of hydrogen-bond acceptors (Lipinski definition) is 15. The van der Waals surface area contributed by atoms with Gasteiger partial charge in [0.1, 0.15) is 19.3 Å². The number of unbranched alkanes of at least 4 members (excludes halogenated alkanes) is 62. The number of carbonyl (C=O) groups excluding carboxylic acids is 4. The molecule has 0 heterocycles. The van der Waals surface area contributed by atoms with E-state index in [0.29, 0.717) is 25.7 Å². The molecule has 0 aliphatic heterocycles. The lowest BCUT2D eigenvalue weighted by molar-refractivity contribution is -0.161. The van der Waals surface area contributed by atoms with Crippen molar-refractivity contribution < 1.29 is 80.2 Å². The zero-order valence-corrected chi connectivity index (χ0v) is 71.2. The van der Waals surface area contributed by atoms with Crippen LogP contribution in [-0.4, -0.2) is 96.7 Å². The number of esters is 4. The predicted molar refractivity (Wildman–Crippen MR) is 437 cm³/mol. The maximum Gasteiger partial charge on any atom is 0.472 e. The second-order valence-electron chi connectivity index (χ2n) is 31.3. The fraction of sp³-hybridized carbons (Fsp3) is 0.954. The molecule has 0 bridgehead atoms. The highest BCUT2D eigenvalue weighted by Crippen LogP contribution is 2.45. The molecule has 630 valence electrons. The summed E-state index contributed by atoms with van der Waals surface area (Å²) in [6, 6.07) is 0. The molecule has 5 atom stereocenters. The molecule has 19 heteroatoms. The third-order valence-corrected chi connectivity index (χ3v) is 22.5. The third kappa shape index (κ3) is 80.1. The van der Waals surface area contributed by atoms with Gasteiger partial charge in [0, 0.05) is 25.7 Å². The van der Waals surface area contributed by atoms with Crippen LogP contribution in [0.1, 0.15) is 477 Å². The van der Waals surface area contributed by atoms with Gasteiger partial charge in [0.05, 0.1) is 26.4 Å². The topological polar surface area (TPSA) is 237 Å². The average molecular weight is 1550 g/mol. The lowest BCUT2D eigenvalue weighted by Crippen LogP contribution is -2.30. The van der Waals surface area contributed by atoms with Crippen molar-refractivity contribution in [3.8, 4) is 0 Å². The Labute approximate surface area is 651 Å². The van der Waals surface area contributed by atoms with E-state index in [1.165, 1.54) is 308 Å². The van der Waals surface area contributed by atoms with Crippen molar-refractivity contribution in [3.05, 3.63) is 0 Å². The van der Waals surface area contributed by atoms with Gasteiger partial charge in [0.25, 0.3) is 0 Å². The fourth-order valence-corrected chi connectivity index (χ4v) is 15.3. The molecule has 17 nitrogen and oxygen atoms in total. The summed E-state index contributed by atoms with van der Waals surface area (Å²) in [6.07, 6.45) is 76.3. The van der Waals surface area contributed by atoms with Crippen molar-refractivity contribution in [2.24, 2.45) is 0 Å². The zero-order chi connectivity index (χ0) is 77.4. The summed E-state index contributed by atoms with van der Waals surface area (Å²) in [5, 5.41) is 10.7. The molecule has 0 aromatic carbocycles. The minimum Gasteiger partial charge on any atom is -0.462 e. The molecule has 0 rings (SSSR count). The number of rotatable bonds is 88. The summed E-state index contributed by atoms with van der Waals surface area (Å²) < 4.78 is 69.0. The molecule has 0 amide bonds. The summed E-state index contributed by atoms with van der Waals surface area (Å²) in [6.45, 7) is 5.07. The highest BCUT2D eigenvalue weighted by Gasteiger charge is 2.30. The van der Waals surface area contributed by atoms with Crippen LogP contribution in [-0.2, 0) is 65.4 Å². The first kappa shape index (κ1) is 104. The number of phosphoric acid groups is 2. The molecule has 0 aromatic rings. The first-order valence-electron chi connectivity index (χ1n) is 45.3. The second-order valence-corrected chi connectivity index (χ2v) is 34.2. The lowest BCUT2D eigenvalue weighted by Gasteiger charge is -2.21. The van der Waals surface area contributed by atoms with E-state index in [1.54, 1.807) is 0 Å². The van der Waals surface area contributed by atoms with Crippen LogP contribution in [0.4, 0.5) is 0 Å². The molecule has 0 saturated carbocycles. The highest BCUT2D eigenvalue weighted by molar-refractivity contribution is 7.47. The molecule has 3 N–H and O–H groups in total. The fourth-order valence-electron chi connectivity index (χ4n) is 13.7. The molecule has 0 aromatic heterocycles. The molecular formula is C87H170O17P2. The zero-order valence-electron chi connectivity index (χ0n) is 69.4. The van der Waals surface area contributed by atoms with E-state index in [-0.39, 0.29) is 25.7 Å². The molecule has 2 unspecified atom stereocenters. The van der Waals surface area contributed by atoms with Gasteiger partial charge in [-0.05, 0) is 25.7 Å². The van der Waals surface area contributed by atoms with Crippen LogP contribution in [0, 0.1) is 0 Å². The quantitative estimate of drug-likeness (QED) is 0.0222. The van der Waals surface area contributed by atoms with Crippen LogP contribution in [0.15, 0.2) is 0 Å². The number of phosphoric ester groups is 2. The van der Waals surface area contributed by atoms with Crippen molar-refractivity contribution in [2.75, 3.05) is 39.6 Å². The first-order valence-corrected chi connectivity index (χ1v) is 48.3. The van der Waals surface area contributed by atoms with E-state index in [2.05, 4.69) is 27.7 Å². The van der Waals surface area contributed by atoms with Gasteiger partial charge in [-0.2, -0.15) is 0 Å². The van der Waals surface area contributed by atoms with Crippen molar-refractivity contribution in [2.45, 2.75) is 495 Å². The molecular weight excluding hydrogens is 1380 g/mol. The molecule has 0 spiro atoms. The monoisotopic (exact) mass is 1550 g/mol. The number of aliphatic hydroxyl groups excluding tert-OH is 1. The van der Waals surface area contributed by atoms with Crippen LogP contribution in [0.3, 0.4) is 0 Å². The molecule has 0 saturated heterocycles. The van der Waals surface area contributed by atoms with Gasteiger partial charge in [-0.1, -0.05) is 426 Å². The number of carbonyl (C=O) groups is 4. The summed E-state index contributed by atoms with van der Waals surface area (Å²) in [5.41, 5.74) is 0. The van der Waals surface area contributed by atoms with Gasteiger partial charge in [-0.15, -0.1) is 0 Å². The Kier molecular flexibility index (Phi) is 79.6. The van der Waals surface area contributed by atoms with Crippen LogP contribution >= 0.6 is 15.6 Å². The van der Waals surface area contributed by atoms with E-state index in [0.717, 1.165) is 89.9 Å². The van der Waals surface area contributed by atoms with Crippen molar-refractivity contribution in [1.29, 1.82) is 0 Å². The molecule has 0 fully saturated rings. The maximum absolute atomic E-state index is 13.2. The molecule has 106 heavy (non-hydrogen) atoms. The van der Waals surface area contributed by atoms with Gasteiger partial charge >= 0.3 is 39.5 Å². The van der Waals surface area contributed by atoms with E-state index in [4.69, 9.17) is 37.0 Å². The normalized spacial score (nSPS) is 13.7. The average Bonchev–Trinajstić information content (AvgIpc) is 0.902. The standard InChI is InChI=1S/C87H170O17P2/c1-5-9-13-17-21-25-29-33-36-38-39-40-41-42-43-46-50-54-58-62-66-70-74-87(92)104-83(78-98-85(90)72-68-64-60-56-52-48-45-37-34-30-26-22-18-14-10-6-2)80-102-106(95,96)100-76-81(88)75-99-105(93,94)101-79-82(77-97-84(89)71-67-63-59-55-51-47-32-28-24-20-16-12-8-4)103-86(91)73-69-65-61-57-53-49-44-35-31-27-23-19-15-11-7-3/h81-83,88H,5-80H2,1-4H3,(H,93,94)(H,95,96)/t81-,82+,83+/m0/s1. The van der Waals surface area contributed by atoms with E-state index in [9.17, 15) is 43.2 Å². The largest absolute Gasteiger partial charge is 0.472 e. The summed E-state index contributed by atoms with van der Waals surface area (Å²) in [4.78, 5) is 73.3. The van der Waals surface area contributed by atoms with Crippen molar-refractivity contribution >= 4 is 39.5 Å². The van der Waals surface area contributed by atoms with Crippen LogP contribution < -0.4 is 0 Å². The Bertz CT molecular complexity index is 2000. The highest BCUT2D eigenvalue weighted by atomic mass is 31.2. The van der Waals surface area contributed by atoms with Crippen LogP contribution in [0.25, 0.3) is 0 Å². The number of ether oxygens (including phenoxy) is 4. The van der Waals surface area contributed by atoms with Crippen molar-refractivity contribution in [1.82, 2.24) is 0 Å². The predicted octanol–water partition coefficient (Wildman–Crippen LogP) is 26.9. The van der Waals surface area contributed by atoms with Gasteiger partial charge in [0.15, 0.2) is 12.2 Å². The number of aliphatic hydroxyl groups is 1. The minimum absolute atomic E-state index is 0.109. The third-order valence-electron chi connectivity index (χ3n) is 20.6. The van der Waals surface area contributed by atoms with Gasteiger partial charge in [0.2, 0.25) is 0 Å². The maximum atomic E-state index is 13.2.